The van der Waals surface area contributed by atoms with Crippen LogP contribution in [0, 0.1) is 6.92 Å². The number of benzene rings is 3. The van der Waals surface area contributed by atoms with E-state index < -0.39 is 0 Å². The van der Waals surface area contributed by atoms with E-state index in [0.717, 1.165) is 40.4 Å². The first-order valence-corrected chi connectivity index (χ1v) is 14.4. The quantitative estimate of drug-likeness (QED) is 0.252. The van der Waals surface area contributed by atoms with Crippen LogP contribution in [0.25, 0.3) is 11.5 Å². The monoisotopic (exact) mass is 533 g/mol. The number of amides is 2. The summed E-state index contributed by atoms with van der Waals surface area (Å²) in [7, 11) is 0. The van der Waals surface area contributed by atoms with Gasteiger partial charge in [0.25, 0.3) is 0 Å². The lowest BCUT2D eigenvalue weighted by atomic mass is 10.0. The normalized spacial score (nSPS) is 14.4. The molecule has 0 fully saturated rings. The van der Waals surface area contributed by atoms with Gasteiger partial charge in [0.05, 0.1) is 29.7 Å². The third-order valence-corrected chi connectivity index (χ3v) is 8.06. The molecule has 2 aromatic heterocycles. The molecule has 6 nitrogen and oxygen atoms in total. The van der Waals surface area contributed by atoms with Crippen molar-refractivity contribution in [2.24, 2.45) is 0 Å². The minimum Gasteiger partial charge on any atom is -0.338 e. The van der Waals surface area contributed by atoms with Gasteiger partial charge in [0.1, 0.15) is 5.82 Å². The third kappa shape index (κ3) is 4.86. The van der Waals surface area contributed by atoms with Crippen LogP contribution in [0.4, 0.5) is 4.79 Å². The molecule has 3 heterocycles. The maximum atomic E-state index is 14.0. The van der Waals surface area contributed by atoms with Gasteiger partial charge in [-0.3, -0.25) is 0 Å². The Kier molecular flexibility index (Phi) is 6.99. The van der Waals surface area contributed by atoms with Crippen molar-refractivity contribution in [1.29, 1.82) is 0 Å². The van der Waals surface area contributed by atoms with Crippen molar-refractivity contribution in [2.45, 2.75) is 30.8 Å². The van der Waals surface area contributed by atoms with Crippen LogP contribution in [0.3, 0.4) is 0 Å². The lowest BCUT2D eigenvalue weighted by Gasteiger charge is -2.31. The van der Waals surface area contributed by atoms with Crippen molar-refractivity contribution in [3.05, 3.63) is 131 Å². The van der Waals surface area contributed by atoms with Gasteiger partial charge >= 0.3 is 6.03 Å². The topological polar surface area (TPSA) is 55.1 Å². The van der Waals surface area contributed by atoms with Crippen molar-refractivity contribution in [1.82, 2.24) is 24.6 Å². The van der Waals surface area contributed by atoms with Crippen LogP contribution in [0.1, 0.15) is 34.1 Å². The molecule has 39 heavy (non-hydrogen) atoms. The van der Waals surface area contributed by atoms with Crippen LogP contribution in [0.15, 0.2) is 108 Å². The van der Waals surface area contributed by atoms with E-state index in [1.54, 1.807) is 11.8 Å². The fraction of sp³-hybridized carbons (Fsp3) is 0.188. The van der Waals surface area contributed by atoms with Crippen molar-refractivity contribution in [2.75, 3.05) is 12.8 Å². The largest absolute Gasteiger partial charge is 0.338 e. The zero-order chi connectivity index (χ0) is 26.8. The maximum Gasteiger partial charge on any atom is 0.318 e. The number of hydrogen-bond acceptors (Lipinski definition) is 3. The molecule has 6 rings (SSSR count). The molecule has 0 bridgehead atoms. The number of thioether (sulfide) groups is 1. The van der Waals surface area contributed by atoms with Crippen LogP contribution < -0.4 is 5.32 Å². The van der Waals surface area contributed by atoms with E-state index in [4.69, 9.17) is 5.10 Å². The summed E-state index contributed by atoms with van der Waals surface area (Å²) in [4.78, 5) is 17.1. The number of aromatic nitrogens is 3. The van der Waals surface area contributed by atoms with Gasteiger partial charge < -0.3 is 14.8 Å². The number of hydrogen-bond donors (Lipinski definition) is 1. The molecule has 2 amide bonds. The minimum absolute atomic E-state index is 0.0858. The van der Waals surface area contributed by atoms with Crippen LogP contribution >= 0.6 is 11.8 Å². The summed E-state index contributed by atoms with van der Waals surface area (Å²) >= 11 is 1.71. The Morgan fingerprint density at radius 1 is 0.949 bits per heavy atom. The second kappa shape index (κ2) is 10.9. The molecule has 1 aliphatic rings. The first kappa shape index (κ1) is 25.1. The van der Waals surface area contributed by atoms with E-state index in [1.165, 1.54) is 10.5 Å². The fourth-order valence-corrected chi connectivity index (χ4v) is 5.75. The third-order valence-electron chi connectivity index (χ3n) is 7.31. The lowest BCUT2D eigenvalue weighted by Crippen LogP contribution is -2.42. The van der Waals surface area contributed by atoms with Gasteiger partial charge in [0, 0.05) is 23.2 Å². The SMILES string of the molecule is CSc1ccc([C@H]2c3cccn3-c3c(c(C)nn3-c3ccccc3)CN2C(=O)NCCc2ccccc2)cc1. The van der Waals surface area contributed by atoms with Crippen LogP contribution in [0.5, 0.6) is 0 Å². The Balaban J connectivity index is 1.43. The average molecular weight is 534 g/mol. The summed E-state index contributed by atoms with van der Waals surface area (Å²) in [5.74, 6) is 0.976. The number of nitrogens with zero attached hydrogens (tertiary/aromatic N) is 4. The van der Waals surface area contributed by atoms with Gasteiger partial charge in [-0.1, -0.05) is 60.7 Å². The Bertz CT molecular complexity index is 1570. The predicted molar refractivity (Wildman–Crippen MR) is 157 cm³/mol. The molecule has 1 atom stereocenters. The molecule has 5 aromatic rings. The molecule has 0 radical (unpaired) electrons. The summed E-state index contributed by atoms with van der Waals surface area (Å²) in [6.45, 7) is 3.04. The van der Waals surface area contributed by atoms with Gasteiger partial charge in [-0.25, -0.2) is 9.48 Å². The number of carbonyl (C=O) groups is 1. The second-order valence-electron chi connectivity index (χ2n) is 9.71. The highest BCUT2D eigenvalue weighted by molar-refractivity contribution is 7.98. The number of fused-ring (bicyclic) bond motifs is 3. The fourth-order valence-electron chi connectivity index (χ4n) is 5.35. The van der Waals surface area contributed by atoms with Crippen molar-refractivity contribution in [3.8, 4) is 11.5 Å². The standard InChI is InChI=1S/C32H31N5OS/c1-23-28-22-36(32(38)33-20-19-24-10-5-3-6-11-24)30(25-15-17-27(39-2)18-16-25)29-14-9-21-35(29)31(28)37(34-23)26-12-7-4-8-13-26/h3-18,21,30H,19-20,22H2,1-2H3,(H,33,38)/t30-/m0/s1. The molecule has 0 saturated carbocycles. The molecular weight excluding hydrogens is 502 g/mol. The number of urea groups is 1. The average Bonchev–Trinajstić information content (AvgIpc) is 3.54. The number of aryl methyl sites for hydroxylation is 1. The van der Waals surface area contributed by atoms with E-state index >= 15 is 0 Å². The van der Waals surface area contributed by atoms with Gasteiger partial charge in [-0.15, -0.1) is 11.8 Å². The highest BCUT2D eigenvalue weighted by Crippen LogP contribution is 2.38. The Morgan fingerprint density at radius 2 is 1.67 bits per heavy atom. The summed E-state index contributed by atoms with van der Waals surface area (Å²) < 4.78 is 4.20. The number of nitrogens with one attached hydrogen (secondary N) is 1. The first-order chi connectivity index (χ1) is 19.1. The molecule has 0 spiro atoms. The van der Waals surface area contributed by atoms with E-state index in [1.807, 2.05) is 52.9 Å². The molecule has 7 heteroatoms. The van der Waals surface area contributed by atoms with Crippen molar-refractivity contribution < 1.29 is 4.79 Å². The molecule has 1 N–H and O–H groups in total. The Hall–Kier alpha value is -4.23. The van der Waals surface area contributed by atoms with Crippen molar-refractivity contribution >= 4 is 17.8 Å². The highest BCUT2D eigenvalue weighted by Gasteiger charge is 2.35. The van der Waals surface area contributed by atoms with Gasteiger partial charge in [-0.05, 0) is 67.1 Å². The van der Waals surface area contributed by atoms with Crippen LogP contribution in [-0.2, 0) is 13.0 Å². The van der Waals surface area contributed by atoms with Crippen molar-refractivity contribution in [3.63, 3.8) is 0 Å². The Morgan fingerprint density at radius 3 is 2.38 bits per heavy atom. The summed E-state index contributed by atoms with van der Waals surface area (Å²) in [5, 5.41) is 8.14. The van der Waals surface area contributed by atoms with E-state index in [-0.39, 0.29) is 12.1 Å². The van der Waals surface area contributed by atoms with Gasteiger partial charge in [-0.2, -0.15) is 5.10 Å². The zero-order valence-electron chi connectivity index (χ0n) is 22.1. The molecule has 196 valence electrons. The molecule has 1 aliphatic heterocycles. The highest BCUT2D eigenvalue weighted by atomic mass is 32.2. The molecule has 3 aromatic carbocycles. The molecule has 0 saturated heterocycles. The molecular formula is C32H31N5OS. The van der Waals surface area contributed by atoms with E-state index in [0.29, 0.717) is 13.1 Å². The van der Waals surface area contributed by atoms with Gasteiger partial charge in [0.15, 0.2) is 0 Å². The predicted octanol–water partition coefficient (Wildman–Crippen LogP) is 6.55. The Labute approximate surface area is 233 Å². The van der Waals surface area contributed by atoms with E-state index in [2.05, 4.69) is 83.0 Å². The summed E-state index contributed by atoms with van der Waals surface area (Å²) in [6.07, 6.45) is 4.93. The number of para-hydroxylation sites is 1. The van der Waals surface area contributed by atoms with Gasteiger partial charge in [0.2, 0.25) is 0 Å². The molecule has 0 unspecified atom stereocenters. The van der Waals surface area contributed by atoms with Crippen LogP contribution in [-0.4, -0.2) is 38.1 Å². The summed E-state index contributed by atoms with van der Waals surface area (Å²) in [6, 6.07) is 32.8. The summed E-state index contributed by atoms with van der Waals surface area (Å²) in [5.41, 5.74) is 6.25. The second-order valence-corrected chi connectivity index (χ2v) is 10.6. The lowest BCUT2D eigenvalue weighted by molar-refractivity contribution is 0.180. The molecule has 0 aliphatic carbocycles. The first-order valence-electron chi connectivity index (χ1n) is 13.2. The maximum absolute atomic E-state index is 14.0. The zero-order valence-corrected chi connectivity index (χ0v) is 22.9. The number of rotatable bonds is 6. The van der Waals surface area contributed by atoms with E-state index in [9.17, 15) is 4.79 Å². The van der Waals surface area contributed by atoms with Crippen LogP contribution in [0.2, 0.25) is 0 Å². The minimum atomic E-state index is -0.261. The smallest absolute Gasteiger partial charge is 0.318 e. The number of carbonyl (C=O) groups excluding carboxylic acids is 1.